The molecule has 0 saturated heterocycles. The summed E-state index contributed by atoms with van der Waals surface area (Å²) < 4.78 is 10.7. The van der Waals surface area contributed by atoms with Gasteiger partial charge in [0.25, 0.3) is 0 Å². The van der Waals surface area contributed by atoms with E-state index in [-0.39, 0.29) is 29.9 Å². The molecule has 0 saturated carbocycles. The third-order valence-electron chi connectivity index (χ3n) is 4.42. The Kier molecular flexibility index (Phi) is 9.11. The fourth-order valence-corrected chi connectivity index (χ4v) is 3.08. The molecule has 0 aliphatic carbocycles. The van der Waals surface area contributed by atoms with Crippen LogP contribution in [0.2, 0.25) is 0 Å². The van der Waals surface area contributed by atoms with Gasteiger partial charge in [-0.2, -0.15) is 0 Å². The van der Waals surface area contributed by atoms with E-state index in [2.05, 4.69) is 46.7 Å². The first kappa shape index (κ1) is 22.5. The number of aryl methyl sites for hydroxylation is 4. The van der Waals surface area contributed by atoms with Gasteiger partial charge in [0, 0.05) is 43.6 Å². The Morgan fingerprint density at radius 1 is 1.12 bits per heavy atom. The Labute approximate surface area is 172 Å². The number of hydrogen-bond donors (Lipinski definition) is 2. The van der Waals surface area contributed by atoms with Gasteiger partial charge in [-0.1, -0.05) is 31.1 Å². The number of halogens is 1. The lowest BCUT2D eigenvalue weighted by molar-refractivity contribution is 0.380. The lowest BCUT2D eigenvalue weighted by atomic mass is 10.00. The second-order valence-electron chi connectivity index (χ2n) is 6.18. The Hall–Kier alpha value is -1.58. The molecule has 0 aliphatic rings. The van der Waals surface area contributed by atoms with Gasteiger partial charge in [-0.3, -0.25) is 4.99 Å². The van der Waals surface area contributed by atoms with Crippen molar-refractivity contribution in [1.82, 2.24) is 20.9 Å². The number of guanidine groups is 1. The monoisotopic (exact) mass is 475 g/mol. The molecule has 0 aliphatic heterocycles. The molecule has 146 valence electrons. The second-order valence-corrected chi connectivity index (χ2v) is 6.18. The van der Waals surface area contributed by atoms with Crippen molar-refractivity contribution >= 4 is 29.9 Å². The number of hydrogen-bond acceptors (Lipinski definition) is 5. The zero-order valence-corrected chi connectivity index (χ0v) is 18.8. The van der Waals surface area contributed by atoms with E-state index in [9.17, 15) is 0 Å². The molecule has 0 amide bonds. The topological polar surface area (TPSA) is 88.5 Å². The van der Waals surface area contributed by atoms with Gasteiger partial charge in [0.1, 0.15) is 11.5 Å². The highest BCUT2D eigenvalue weighted by atomic mass is 127. The Morgan fingerprint density at radius 2 is 1.85 bits per heavy atom. The highest BCUT2D eigenvalue weighted by molar-refractivity contribution is 14.0. The molecule has 0 fully saturated rings. The predicted molar refractivity (Wildman–Crippen MR) is 113 cm³/mol. The molecule has 2 aromatic heterocycles. The highest BCUT2D eigenvalue weighted by Gasteiger charge is 2.17. The van der Waals surface area contributed by atoms with Crippen molar-refractivity contribution < 1.29 is 9.05 Å². The maximum absolute atomic E-state index is 5.41. The van der Waals surface area contributed by atoms with Crippen molar-refractivity contribution in [2.45, 2.75) is 59.9 Å². The van der Waals surface area contributed by atoms with Crippen molar-refractivity contribution in [3.63, 3.8) is 0 Å². The van der Waals surface area contributed by atoms with E-state index in [1.807, 2.05) is 13.8 Å². The Bertz CT molecular complexity index is 682. The van der Waals surface area contributed by atoms with E-state index in [0.29, 0.717) is 6.54 Å². The fraction of sp³-hybridized carbons (Fsp3) is 0.611. The third kappa shape index (κ3) is 5.21. The van der Waals surface area contributed by atoms with Crippen molar-refractivity contribution in [2.75, 3.05) is 13.6 Å². The molecule has 1 atom stereocenters. The highest BCUT2D eigenvalue weighted by Crippen LogP contribution is 2.22. The van der Waals surface area contributed by atoms with Crippen LogP contribution in [0.4, 0.5) is 0 Å². The van der Waals surface area contributed by atoms with Crippen LogP contribution in [0.1, 0.15) is 60.7 Å². The van der Waals surface area contributed by atoms with Crippen molar-refractivity contribution in [1.29, 1.82) is 0 Å². The molecule has 2 rings (SSSR count). The maximum Gasteiger partial charge on any atom is 0.191 e. The van der Waals surface area contributed by atoms with Gasteiger partial charge >= 0.3 is 0 Å². The molecular formula is C18H30IN5O2. The van der Waals surface area contributed by atoms with E-state index >= 15 is 0 Å². The first-order valence-corrected chi connectivity index (χ1v) is 8.85. The van der Waals surface area contributed by atoms with E-state index in [1.54, 1.807) is 7.05 Å². The molecular weight excluding hydrogens is 445 g/mol. The minimum atomic E-state index is 0. The molecule has 2 aromatic rings. The molecule has 0 bridgehead atoms. The van der Waals surface area contributed by atoms with Gasteiger partial charge < -0.3 is 19.7 Å². The maximum atomic E-state index is 5.41. The fourth-order valence-electron chi connectivity index (χ4n) is 3.08. The predicted octanol–water partition coefficient (Wildman–Crippen LogP) is 3.49. The zero-order valence-electron chi connectivity index (χ0n) is 16.5. The lowest BCUT2D eigenvalue weighted by Crippen LogP contribution is -2.39. The molecule has 26 heavy (non-hydrogen) atoms. The van der Waals surface area contributed by atoms with Crippen LogP contribution in [0.15, 0.2) is 14.0 Å². The molecule has 2 N–H and O–H groups in total. The van der Waals surface area contributed by atoms with Gasteiger partial charge in [-0.05, 0) is 20.3 Å². The van der Waals surface area contributed by atoms with Crippen LogP contribution in [0.25, 0.3) is 0 Å². The van der Waals surface area contributed by atoms with Crippen LogP contribution < -0.4 is 10.6 Å². The summed E-state index contributed by atoms with van der Waals surface area (Å²) in [6, 6.07) is 0. The number of nitrogens with zero attached hydrogens (tertiary/aromatic N) is 3. The van der Waals surface area contributed by atoms with E-state index < -0.39 is 0 Å². The van der Waals surface area contributed by atoms with Crippen LogP contribution in [-0.2, 0) is 19.4 Å². The minimum absolute atomic E-state index is 0. The molecule has 7 nitrogen and oxygen atoms in total. The second kappa shape index (κ2) is 10.5. The molecule has 1 unspecified atom stereocenters. The summed E-state index contributed by atoms with van der Waals surface area (Å²) in [4.78, 5) is 4.30. The van der Waals surface area contributed by atoms with Gasteiger partial charge in [-0.15, -0.1) is 24.0 Å². The molecule has 0 aromatic carbocycles. The molecule has 2 heterocycles. The minimum Gasteiger partial charge on any atom is -0.361 e. The lowest BCUT2D eigenvalue weighted by Gasteiger charge is -2.16. The average molecular weight is 475 g/mol. The van der Waals surface area contributed by atoms with Crippen LogP contribution in [0, 0.1) is 13.8 Å². The van der Waals surface area contributed by atoms with Gasteiger partial charge in [0.05, 0.1) is 11.4 Å². The molecule has 0 spiro atoms. The summed E-state index contributed by atoms with van der Waals surface area (Å²) in [5, 5.41) is 14.9. The number of rotatable bonds is 7. The van der Waals surface area contributed by atoms with Gasteiger partial charge in [0.15, 0.2) is 5.96 Å². The van der Waals surface area contributed by atoms with Gasteiger partial charge in [-0.25, -0.2) is 0 Å². The number of aliphatic imine (C=N–C) groups is 1. The quantitative estimate of drug-likeness (QED) is 0.362. The molecule has 8 heteroatoms. The van der Waals surface area contributed by atoms with Crippen LogP contribution >= 0.6 is 24.0 Å². The number of aromatic nitrogens is 2. The van der Waals surface area contributed by atoms with Crippen molar-refractivity contribution in [3.05, 3.63) is 34.0 Å². The first-order chi connectivity index (χ1) is 12.0. The summed E-state index contributed by atoms with van der Waals surface area (Å²) in [6.45, 7) is 11.6. The zero-order chi connectivity index (χ0) is 18.4. The summed E-state index contributed by atoms with van der Waals surface area (Å²) in [5.74, 6) is 2.84. The van der Waals surface area contributed by atoms with Crippen LogP contribution in [0.3, 0.4) is 0 Å². The van der Waals surface area contributed by atoms with Gasteiger partial charge in [0.2, 0.25) is 0 Å². The number of nitrogens with one attached hydrogen (secondary N) is 2. The first-order valence-electron chi connectivity index (χ1n) is 8.85. The van der Waals surface area contributed by atoms with Crippen molar-refractivity contribution in [3.8, 4) is 0 Å². The van der Waals surface area contributed by atoms with Crippen LogP contribution in [-0.4, -0.2) is 29.9 Å². The van der Waals surface area contributed by atoms with E-state index in [4.69, 9.17) is 9.05 Å². The van der Waals surface area contributed by atoms with E-state index in [0.717, 1.165) is 59.4 Å². The smallest absolute Gasteiger partial charge is 0.191 e. The Morgan fingerprint density at radius 3 is 2.38 bits per heavy atom. The SMILES string of the molecule is CCc1noc(CC)c1CNC(=NC)NCC(C)c1c(C)noc1C.I. The summed E-state index contributed by atoms with van der Waals surface area (Å²) in [7, 11) is 1.77. The Balaban J connectivity index is 0.00000338. The summed E-state index contributed by atoms with van der Waals surface area (Å²) >= 11 is 0. The third-order valence-corrected chi connectivity index (χ3v) is 4.42. The van der Waals surface area contributed by atoms with Crippen molar-refractivity contribution in [2.24, 2.45) is 4.99 Å². The standard InChI is InChI=1S/C18H29N5O2.HI/c1-7-15-14(16(8-2)25-23-15)10-21-18(19-6)20-9-11(3)17-12(4)22-24-13(17)5;/h11H,7-10H2,1-6H3,(H2,19,20,21);1H. The summed E-state index contributed by atoms with van der Waals surface area (Å²) in [5.41, 5.74) is 4.23. The van der Waals surface area contributed by atoms with E-state index in [1.165, 1.54) is 0 Å². The average Bonchev–Trinajstić information content (AvgIpc) is 3.17. The normalized spacial score (nSPS) is 12.6. The summed E-state index contributed by atoms with van der Waals surface area (Å²) in [6.07, 6.45) is 1.69. The van der Waals surface area contributed by atoms with Crippen LogP contribution in [0.5, 0.6) is 0 Å². The molecule has 0 radical (unpaired) electrons. The largest absolute Gasteiger partial charge is 0.361 e.